The van der Waals surface area contributed by atoms with Gasteiger partial charge in [0.1, 0.15) is 0 Å². The van der Waals surface area contributed by atoms with Crippen LogP contribution in [-0.2, 0) is 10.0 Å². The summed E-state index contributed by atoms with van der Waals surface area (Å²) < 4.78 is 27.0. The molecule has 0 aliphatic rings. The van der Waals surface area contributed by atoms with Gasteiger partial charge in [-0.15, -0.1) is 0 Å². The zero-order chi connectivity index (χ0) is 15.6. The van der Waals surface area contributed by atoms with Crippen molar-refractivity contribution in [3.63, 3.8) is 0 Å². The maximum atomic E-state index is 12.6. The van der Waals surface area contributed by atoms with Crippen LogP contribution in [0.4, 0.5) is 5.69 Å². The molecule has 0 fully saturated rings. The molecule has 0 bridgehead atoms. The van der Waals surface area contributed by atoms with Crippen LogP contribution in [0.2, 0.25) is 0 Å². The fourth-order valence-electron chi connectivity index (χ4n) is 1.85. The zero-order valence-electron chi connectivity index (χ0n) is 11.2. The molecule has 1 amide bonds. The topological polar surface area (TPSA) is 80.5 Å². The summed E-state index contributed by atoms with van der Waals surface area (Å²) in [5, 5.41) is 0. The SMILES string of the molecule is CN(c1ccccc1C(N)=O)S(=O)(=O)c1ccc(Br)cc1. The van der Waals surface area contributed by atoms with Gasteiger partial charge in [-0.25, -0.2) is 8.42 Å². The zero-order valence-corrected chi connectivity index (χ0v) is 13.6. The number of benzene rings is 2. The van der Waals surface area contributed by atoms with Gasteiger partial charge < -0.3 is 5.73 Å². The van der Waals surface area contributed by atoms with Crippen molar-refractivity contribution in [2.24, 2.45) is 5.73 Å². The standard InChI is InChI=1S/C14H13BrN2O3S/c1-17(13-5-3-2-4-12(13)14(16)18)21(19,20)11-8-6-10(15)7-9-11/h2-9H,1H3,(H2,16,18). The van der Waals surface area contributed by atoms with Gasteiger partial charge in [-0.05, 0) is 36.4 Å². The molecule has 21 heavy (non-hydrogen) atoms. The summed E-state index contributed by atoms with van der Waals surface area (Å²) in [5.41, 5.74) is 5.68. The summed E-state index contributed by atoms with van der Waals surface area (Å²) >= 11 is 3.26. The maximum Gasteiger partial charge on any atom is 0.264 e. The van der Waals surface area contributed by atoms with E-state index in [1.165, 1.54) is 31.3 Å². The highest BCUT2D eigenvalue weighted by atomic mass is 79.9. The van der Waals surface area contributed by atoms with Crippen molar-refractivity contribution >= 4 is 37.5 Å². The van der Waals surface area contributed by atoms with Gasteiger partial charge in [0.05, 0.1) is 16.1 Å². The second-order valence-electron chi connectivity index (χ2n) is 4.31. The summed E-state index contributed by atoms with van der Waals surface area (Å²) in [4.78, 5) is 11.6. The van der Waals surface area contributed by atoms with Gasteiger partial charge in [0, 0.05) is 11.5 Å². The summed E-state index contributed by atoms with van der Waals surface area (Å²) in [7, 11) is -2.37. The molecule has 0 spiro atoms. The molecule has 0 aliphatic heterocycles. The first kappa shape index (κ1) is 15.5. The number of halogens is 1. The number of primary amides is 1. The normalized spacial score (nSPS) is 11.1. The lowest BCUT2D eigenvalue weighted by atomic mass is 10.2. The number of sulfonamides is 1. The highest BCUT2D eigenvalue weighted by Gasteiger charge is 2.24. The third kappa shape index (κ3) is 3.08. The van der Waals surface area contributed by atoms with Gasteiger partial charge in [-0.1, -0.05) is 28.1 Å². The van der Waals surface area contributed by atoms with E-state index in [2.05, 4.69) is 15.9 Å². The number of carbonyl (C=O) groups is 1. The van der Waals surface area contributed by atoms with Crippen LogP contribution < -0.4 is 10.0 Å². The predicted molar refractivity (Wildman–Crippen MR) is 84.7 cm³/mol. The largest absolute Gasteiger partial charge is 0.366 e. The minimum Gasteiger partial charge on any atom is -0.366 e. The van der Waals surface area contributed by atoms with Crippen molar-refractivity contribution in [3.8, 4) is 0 Å². The Labute approximate surface area is 131 Å². The molecule has 0 saturated heterocycles. The molecular formula is C14H13BrN2O3S. The Bertz CT molecular complexity index is 773. The smallest absolute Gasteiger partial charge is 0.264 e. The lowest BCUT2D eigenvalue weighted by molar-refractivity contribution is 0.100. The Morgan fingerprint density at radius 3 is 2.24 bits per heavy atom. The van der Waals surface area contributed by atoms with Crippen LogP contribution in [0.3, 0.4) is 0 Å². The lowest BCUT2D eigenvalue weighted by Crippen LogP contribution is -2.29. The molecule has 110 valence electrons. The van der Waals surface area contributed by atoms with E-state index in [4.69, 9.17) is 5.73 Å². The molecule has 7 heteroatoms. The van der Waals surface area contributed by atoms with Crippen molar-refractivity contribution in [1.29, 1.82) is 0 Å². The Kier molecular flexibility index (Phi) is 4.34. The van der Waals surface area contributed by atoms with Crippen LogP contribution in [0.15, 0.2) is 57.9 Å². The van der Waals surface area contributed by atoms with E-state index in [1.54, 1.807) is 24.3 Å². The van der Waals surface area contributed by atoms with Crippen LogP contribution in [0.5, 0.6) is 0 Å². The number of para-hydroxylation sites is 1. The predicted octanol–water partition coefficient (Wildman–Crippen LogP) is 2.37. The third-order valence-corrected chi connectivity index (χ3v) is 5.30. The van der Waals surface area contributed by atoms with Crippen LogP contribution in [0.1, 0.15) is 10.4 Å². The van der Waals surface area contributed by atoms with Crippen molar-refractivity contribution in [1.82, 2.24) is 0 Å². The van der Waals surface area contributed by atoms with E-state index >= 15 is 0 Å². The van der Waals surface area contributed by atoms with Gasteiger partial charge in [-0.2, -0.15) is 0 Å². The molecule has 0 saturated carbocycles. The van der Waals surface area contributed by atoms with Gasteiger partial charge in [0.2, 0.25) is 0 Å². The van der Waals surface area contributed by atoms with Crippen LogP contribution in [-0.4, -0.2) is 21.4 Å². The fraction of sp³-hybridized carbons (Fsp3) is 0.0714. The second kappa shape index (κ2) is 5.87. The molecule has 0 radical (unpaired) electrons. The molecule has 2 aromatic carbocycles. The van der Waals surface area contributed by atoms with E-state index in [-0.39, 0.29) is 16.1 Å². The maximum absolute atomic E-state index is 12.6. The van der Waals surface area contributed by atoms with Crippen molar-refractivity contribution in [3.05, 3.63) is 58.6 Å². The highest BCUT2D eigenvalue weighted by Crippen LogP contribution is 2.26. The van der Waals surface area contributed by atoms with Crippen LogP contribution in [0, 0.1) is 0 Å². The second-order valence-corrected chi connectivity index (χ2v) is 7.19. The van der Waals surface area contributed by atoms with E-state index in [1.807, 2.05) is 0 Å². The van der Waals surface area contributed by atoms with Gasteiger partial charge in [-0.3, -0.25) is 9.10 Å². The number of hydrogen-bond acceptors (Lipinski definition) is 3. The minimum atomic E-state index is -3.76. The first-order valence-corrected chi connectivity index (χ1v) is 8.20. The minimum absolute atomic E-state index is 0.132. The van der Waals surface area contributed by atoms with Crippen molar-refractivity contribution in [2.45, 2.75) is 4.90 Å². The Balaban J connectivity index is 2.51. The first-order chi connectivity index (χ1) is 9.84. The number of hydrogen-bond donors (Lipinski definition) is 1. The lowest BCUT2D eigenvalue weighted by Gasteiger charge is -2.21. The molecule has 0 atom stereocenters. The Hall–Kier alpha value is -1.86. The Morgan fingerprint density at radius 1 is 1.10 bits per heavy atom. The molecule has 0 aromatic heterocycles. The quantitative estimate of drug-likeness (QED) is 0.899. The number of nitrogens with zero attached hydrogens (tertiary/aromatic N) is 1. The van der Waals surface area contributed by atoms with Gasteiger partial charge >= 0.3 is 0 Å². The van der Waals surface area contributed by atoms with Crippen molar-refractivity contribution in [2.75, 3.05) is 11.4 Å². The number of rotatable bonds is 4. The van der Waals surface area contributed by atoms with E-state index in [0.717, 1.165) is 8.78 Å². The molecule has 2 N–H and O–H groups in total. The average Bonchev–Trinajstić information content (AvgIpc) is 2.46. The van der Waals surface area contributed by atoms with Crippen molar-refractivity contribution < 1.29 is 13.2 Å². The fourth-order valence-corrected chi connectivity index (χ4v) is 3.33. The van der Waals surface area contributed by atoms with Gasteiger partial charge in [0.25, 0.3) is 15.9 Å². The average molecular weight is 369 g/mol. The van der Waals surface area contributed by atoms with Crippen LogP contribution >= 0.6 is 15.9 Å². The molecule has 0 unspecified atom stereocenters. The summed E-state index contributed by atoms with van der Waals surface area (Å²) in [6.45, 7) is 0. The summed E-state index contributed by atoms with van der Waals surface area (Å²) in [5.74, 6) is -0.677. The van der Waals surface area contributed by atoms with E-state index in [0.29, 0.717) is 0 Å². The van der Waals surface area contributed by atoms with Gasteiger partial charge in [0.15, 0.2) is 0 Å². The monoisotopic (exact) mass is 368 g/mol. The number of anilines is 1. The third-order valence-electron chi connectivity index (χ3n) is 2.98. The Morgan fingerprint density at radius 2 is 1.67 bits per heavy atom. The highest BCUT2D eigenvalue weighted by molar-refractivity contribution is 9.10. The number of amides is 1. The summed E-state index contributed by atoms with van der Waals surface area (Å²) in [6, 6.07) is 12.6. The first-order valence-electron chi connectivity index (χ1n) is 5.97. The molecule has 2 rings (SSSR count). The molecule has 2 aromatic rings. The molecular weight excluding hydrogens is 356 g/mol. The molecule has 5 nitrogen and oxygen atoms in total. The number of carbonyl (C=O) groups excluding carboxylic acids is 1. The molecule has 0 aliphatic carbocycles. The number of nitrogens with two attached hydrogens (primary N) is 1. The van der Waals surface area contributed by atoms with E-state index < -0.39 is 15.9 Å². The summed E-state index contributed by atoms with van der Waals surface area (Å²) in [6.07, 6.45) is 0. The van der Waals surface area contributed by atoms with Crippen LogP contribution in [0.25, 0.3) is 0 Å². The molecule has 0 heterocycles. The van der Waals surface area contributed by atoms with E-state index in [9.17, 15) is 13.2 Å².